The summed E-state index contributed by atoms with van der Waals surface area (Å²) < 4.78 is 0. The van der Waals surface area contributed by atoms with Crippen molar-refractivity contribution in [2.75, 3.05) is 0 Å². The Balaban J connectivity index is 2.08. The summed E-state index contributed by atoms with van der Waals surface area (Å²) in [5.41, 5.74) is 0.480. The van der Waals surface area contributed by atoms with Gasteiger partial charge in [-0.2, -0.15) is 15.0 Å². The highest BCUT2D eigenvalue weighted by Gasteiger charge is 2.19. The maximum absolute atomic E-state index is 12.3. The molecule has 1 aromatic heterocycles. The molecule has 2 rings (SSSR count). The normalized spacial score (nSPS) is 12.4. The zero-order chi connectivity index (χ0) is 14.5. The van der Waals surface area contributed by atoms with Crippen molar-refractivity contribution >= 4 is 17.5 Å². The summed E-state index contributed by atoms with van der Waals surface area (Å²) in [6.45, 7) is 4.61. The third kappa shape index (κ3) is 3.57. The minimum Gasteiger partial charge on any atom is -0.347 e. The van der Waals surface area contributed by atoms with E-state index < -0.39 is 0 Å². The lowest BCUT2D eigenvalue weighted by Gasteiger charge is -2.22. The molecule has 6 heteroatoms. The SMILES string of the molecule is CC(C)C(Cn1nccn1)NC(=O)c1ccccc1Cl. The molecule has 0 spiro atoms. The van der Waals surface area contributed by atoms with Crippen LogP contribution in [0.2, 0.25) is 5.02 Å². The lowest BCUT2D eigenvalue weighted by atomic mass is 10.0. The number of aromatic nitrogens is 3. The number of carbonyl (C=O) groups is 1. The van der Waals surface area contributed by atoms with Crippen LogP contribution in [0.25, 0.3) is 0 Å². The molecule has 2 aromatic rings. The van der Waals surface area contributed by atoms with Gasteiger partial charge >= 0.3 is 0 Å². The Hall–Kier alpha value is -1.88. The van der Waals surface area contributed by atoms with Crippen molar-refractivity contribution in [3.05, 3.63) is 47.2 Å². The molecule has 5 nitrogen and oxygen atoms in total. The van der Waals surface area contributed by atoms with Gasteiger partial charge in [0.05, 0.1) is 35.6 Å². The highest BCUT2D eigenvalue weighted by atomic mass is 35.5. The van der Waals surface area contributed by atoms with Crippen molar-refractivity contribution in [3.8, 4) is 0 Å². The first-order valence-corrected chi connectivity index (χ1v) is 6.85. The monoisotopic (exact) mass is 292 g/mol. The van der Waals surface area contributed by atoms with Gasteiger partial charge in [0.1, 0.15) is 0 Å². The van der Waals surface area contributed by atoms with Crippen LogP contribution in [0.4, 0.5) is 0 Å². The van der Waals surface area contributed by atoms with Crippen LogP contribution in [0.5, 0.6) is 0 Å². The summed E-state index contributed by atoms with van der Waals surface area (Å²) in [4.78, 5) is 13.8. The molecule has 1 heterocycles. The Morgan fingerprint density at radius 3 is 2.55 bits per heavy atom. The Bertz CT molecular complexity index is 568. The molecule has 0 bridgehead atoms. The van der Waals surface area contributed by atoms with Gasteiger partial charge in [-0.05, 0) is 18.1 Å². The minimum atomic E-state index is -0.179. The van der Waals surface area contributed by atoms with Crippen molar-refractivity contribution in [1.82, 2.24) is 20.3 Å². The molecular formula is C14H17ClN4O. The number of carbonyl (C=O) groups excluding carboxylic acids is 1. The first-order valence-electron chi connectivity index (χ1n) is 6.47. The fraction of sp³-hybridized carbons (Fsp3) is 0.357. The van der Waals surface area contributed by atoms with Crippen LogP contribution in [0.1, 0.15) is 24.2 Å². The average Bonchev–Trinajstić information content (AvgIpc) is 2.91. The van der Waals surface area contributed by atoms with Crippen LogP contribution in [-0.2, 0) is 6.54 Å². The zero-order valence-electron chi connectivity index (χ0n) is 11.5. The lowest BCUT2D eigenvalue weighted by Crippen LogP contribution is -2.42. The molecule has 20 heavy (non-hydrogen) atoms. The molecule has 0 fully saturated rings. The summed E-state index contributed by atoms with van der Waals surface area (Å²) in [7, 11) is 0. The molecule has 0 saturated carbocycles. The van der Waals surface area contributed by atoms with Gasteiger partial charge in [-0.25, -0.2) is 0 Å². The minimum absolute atomic E-state index is 0.0637. The van der Waals surface area contributed by atoms with Crippen molar-refractivity contribution in [2.45, 2.75) is 26.4 Å². The summed E-state index contributed by atoms with van der Waals surface area (Å²) in [5.74, 6) is 0.0777. The molecular weight excluding hydrogens is 276 g/mol. The van der Waals surface area contributed by atoms with E-state index in [1.807, 2.05) is 13.8 Å². The second kappa shape index (κ2) is 6.52. The molecule has 1 N–H and O–H groups in total. The number of benzene rings is 1. The van der Waals surface area contributed by atoms with E-state index in [1.54, 1.807) is 41.5 Å². The molecule has 106 valence electrons. The van der Waals surface area contributed by atoms with E-state index in [-0.39, 0.29) is 17.9 Å². The number of hydrogen-bond donors (Lipinski definition) is 1. The standard InChI is InChI=1S/C14H17ClN4O/c1-10(2)13(9-19-16-7-8-17-19)18-14(20)11-5-3-4-6-12(11)15/h3-8,10,13H,9H2,1-2H3,(H,18,20). The number of amides is 1. The fourth-order valence-corrected chi connectivity index (χ4v) is 2.05. The number of nitrogens with one attached hydrogen (secondary N) is 1. The van der Waals surface area contributed by atoms with E-state index >= 15 is 0 Å². The van der Waals surface area contributed by atoms with Gasteiger partial charge in [0.2, 0.25) is 0 Å². The number of rotatable bonds is 5. The van der Waals surface area contributed by atoms with E-state index in [0.717, 1.165) is 0 Å². The summed E-state index contributed by atoms with van der Waals surface area (Å²) in [6, 6.07) is 6.94. The average molecular weight is 293 g/mol. The maximum atomic E-state index is 12.3. The van der Waals surface area contributed by atoms with Crippen molar-refractivity contribution in [3.63, 3.8) is 0 Å². The first-order chi connectivity index (χ1) is 9.58. The fourth-order valence-electron chi connectivity index (χ4n) is 1.83. The second-order valence-corrected chi connectivity index (χ2v) is 5.29. The van der Waals surface area contributed by atoms with Crippen LogP contribution >= 0.6 is 11.6 Å². The van der Waals surface area contributed by atoms with Gasteiger partial charge in [0.15, 0.2) is 0 Å². The van der Waals surface area contributed by atoms with E-state index in [1.165, 1.54) is 0 Å². The van der Waals surface area contributed by atoms with Crippen LogP contribution in [0, 0.1) is 5.92 Å². The maximum Gasteiger partial charge on any atom is 0.253 e. The van der Waals surface area contributed by atoms with E-state index in [2.05, 4.69) is 15.5 Å². The third-order valence-electron chi connectivity index (χ3n) is 3.07. The van der Waals surface area contributed by atoms with Crippen LogP contribution in [0.15, 0.2) is 36.7 Å². The number of halogens is 1. The molecule has 0 radical (unpaired) electrons. The van der Waals surface area contributed by atoms with Crippen LogP contribution < -0.4 is 5.32 Å². The molecule has 0 saturated heterocycles. The van der Waals surface area contributed by atoms with E-state index in [4.69, 9.17) is 11.6 Å². The van der Waals surface area contributed by atoms with Crippen molar-refractivity contribution < 1.29 is 4.79 Å². The van der Waals surface area contributed by atoms with Gasteiger partial charge in [0.25, 0.3) is 5.91 Å². The largest absolute Gasteiger partial charge is 0.347 e. The first kappa shape index (κ1) is 14.5. The number of hydrogen-bond acceptors (Lipinski definition) is 3. The molecule has 1 amide bonds. The van der Waals surface area contributed by atoms with Gasteiger partial charge in [-0.1, -0.05) is 37.6 Å². The number of nitrogens with zero attached hydrogens (tertiary/aromatic N) is 3. The van der Waals surface area contributed by atoms with Crippen molar-refractivity contribution in [2.24, 2.45) is 5.92 Å². The Morgan fingerprint density at radius 1 is 1.30 bits per heavy atom. The summed E-state index contributed by atoms with van der Waals surface area (Å²) in [5, 5.41) is 11.6. The second-order valence-electron chi connectivity index (χ2n) is 4.89. The smallest absolute Gasteiger partial charge is 0.253 e. The van der Waals surface area contributed by atoms with Gasteiger partial charge in [-0.15, -0.1) is 0 Å². The summed E-state index contributed by atoms with van der Waals surface area (Å²) in [6.07, 6.45) is 3.24. The predicted molar refractivity (Wildman–Crippen MR) is 77.6 cm³/mol. The van der Waals surface area contributed by atoms with E-state index in [0.29, 0.717) is 17.1 Å². The summed E-state index contributed by atoms with van der Waals surface area (Å²) >= 11 is 6.03. The predicted octanol–water partition coefficient (Wildman–Crippen LogP) is 2.39. The quantitative estimate of drug-likeness (QED) is 0.920. The topological polar surface area (TPSA) is 59.8 Å². The zero-order valence-corrected chi connectivity index (χ0v) is 12.2. The molecule has 1 atom stereocenters. The Kier molecular flexibility index (Phi) is 4.74. The van der Waals surface area contributed by atoms with Gasteiger partial charge in [-0.3, -0.25) is 4.79 Å². The molecule has 1 unspecified atom stereocenters. The van der Waals surface area contributed by atoms with E-state index in [9.17, 15) is 4.79 Å². The molecule has 0 aliphatic carbocycles. The molecule has 0 aliphatic rings. The third-order valence-corrected chi connectivity index (χ3v) is 3.40. The Labute approximate surface area is 122 Å². The van der Waals surface area contributed by atoms with Gasteiger partial charge in [0, 0.05) is 0 Å². The highest BCUT2D eigenvalue weighted by Crippen LogP contribution is 2.15. The molecule has 0 aliphatic heterocycles. The molecule has 1 aromatic carbocycles. The highest BCUT2D eigenvalue weighted by molar-refractivity contribution is 6.33. The lowest BCUT2D eigenvalue weighted by molar-refractivity contribution is 0.0918. The van der Waals surface area contributed by atoms with Gasteiger partial charge < -0.3 is 5.32 Å². The Morgan fingerprint density at radius 2 is 1.95 bits per heavy atom. The van der Waals surface area contributed by atoms with Crippen LogP contribution in [-0.4, -0.2) is 26.9 Å². The van der Waals surface area contributed by atoms with Crippen LogP contribution in [0.3, 0.4) is 0 Å². The van der Waals surface area contributed by atoms with Crippen molar-refractivity contribution in [1.29, 1.82) is 0 Å².